The number of aliphatic hydroxyl groups is 1. The Morgan fingerprint density at radius 3 is 2.54 bits per heavy atom. The van der Waals surface area contributed by atoms with Gasteiger partial charge in [0.05, 0.1) is 6.04 Å². The van der Waals surface area contributed by atoms with Crippen LogP contribution in [0.3, 0.4) is 0 Å². The van der Waals surface area contributed by atoms with Crippen molar-refractivity contribution in [3.05, 3.63) is 0 Å². The lowest BCUT2D eigenvalue weighted by Gasteiger charge is -2.19. The van der Waals surface area contributed by atoms with E-state index >= 15 is 0 Å². The number of hydrogen-bond acceptors (Lipinski definition) is 2. The number of carbonyl (C=O) groups excluding carboxylic acids is 1. The fourth-order valence-electron chi connectivity index (χ4n) is 0.821. The first-order chi connectivity index (χ1) is 5.91. The zero-order chi connectivity index (χ0) is 10.5. The quantitative estimate of drug-likeness (QED) is 0.629. The summed E-state index contributed by atoms with van der Waals surface area (Å²) in [5.41, 5.74) is -1.36. The van der Waals surface area contributed by atoms with E-state index < -0.39 is 11.5 Å². The minimum absolute atomic E-state index is 0.274. The zero-order valence-corrected chi connectivity index (χ0v) is 8.42. The molecule has 0 bridgehead atoms. The molecule has 0 aliphatic rings. The maximum absolute atomic E-state index is 11.3. The van der Waals surface area contributed by atoms with E-state index in [0.717, 1.165) is 12.8 Å². The van der Waals surface area contributed by atoms with Gasteiger partial charge >= 0.3 is 0 Å². The molecule has 1 unspecified atom stereocenters. The van der Waals surface area contributed by atoms with E-state index in [1.165, 1.54) is 13.8 Å². The second kappa shape index (κ2) is 4.88. The first-order valence-corrected chi connectivity index (χ1v) is 4.41. The standard InChI is InChI=1S/C10H17NO2/c1-5-7-8(6-2)11-9(12)10(3,4)13/h2,8,13H,5,7H2,1,3-4H3,(H,11,12). The highest BCUT2D eigenvalue weighted by Crippen LogP contribution is 2.03. The van der Waals surface area contributed by atoms with E-state index in [9.17, 15) is 9.90 Å². The van der Waals surface area contributed by atoms with Crippen LogP contribution in [0.15, 0.2) is 0 Å². The monoisotopic (exact) mass is 183 g/mol. The molecule has 13 heavy (non-hydrogen) atoms. The first-order valence-electron chi connectivity index (χ1n) is 4.41. The second-order valence-electron chi connectivity index (χ2n) is 3.54. The minimum Gasteiger partial charge on any atom is -0.381 e. The number of carbonyl (C=O) groups is 1. The topological polar surface area (TPSA) is 49.3 Å². The van der Waals surface area contributed by atoms with E-state index in [1.54, 1.807) is 0 Å². The Hall–Kier alpha value is -1.01. The van der Waals surface area contributed by atoms with Crippen molar-refractivity contribution >= 4 is 5.91 Å². The van der Waals surface area contributed by atoms with Gasteiger partial charge in [-0.1, -0.05) is 19.3 Å². The van der Waals surface area contributed by atoms with Crippen LogP contribution in [-0.2, 0) is 4.79 Å². The van der Waals surface area contributed by atoms with Crippen LogP contribution in [0.4, 0.5) is 0 Å². The van der Waals surface area contributed by atoms with Crippen molar-refractivity contribution in [2.45, 2.75) is 45.3 Å². The predicted molar refractivity (Wildman–Crippen MR) is 52.0 cm³/mol. The van der Waals surface area contributed by atoms with Gasteiger partial charge in [-0.3, -0.25) is 4.79 Å². The molecule has 3 heteroatoms. The molecule has 2 N–H and O–H groups in total. The third kappa shape index (κ3) is 4.54. The fourth-order valence-corrected chi connectivity index (χ4v) is 0.821. The first kappa shape index (κ1) is 12.0. The van der Waals surface area contributed by atoms with Crippen LogP contribution in [0.2, 0.25) is 0 Å². The molecule has 74 valence electrons. The zero-order valence-electron chi connectivity index (χ0n) is 8.42. The van der Waals surface area contributed by atoms with Crippen molar-refractivity contribution in [1.82, 2.24) is 5.32 Å². The van der Waals surface area contributed by atoms with E-state index in [1.807, 2.05) is 6.92 Å². The molecule has 0 fully saturated rings. The maximum atomic E-state index is 11.3. The SMILES string of the molecule is C#CC(CCC)NC(=O)C(C)(C)O. The van der Waals surface area contributed by atoms with Crippen molar-refractivity contribution < 1.29 is 9.90 Å². The number of amides is 1. The molecule has 1 atom stereocenters. The summed E-state index contributed by atoms with van der Waals surface area (Å²) in [6.07, 6.45) is 6.84. The lowest BCUT2D eigenvalue weighted by molar-refractivity contribution is -0.136. The van der Waals surface area contributed by atoms with E-state index in [-0.39, 0.29) is 6.04 Å². The Labute approximate surface area is 79.5 Å². The van der Waals surface area contributed by atoms with Crippen molar-refractivity contribution in [3.63, 3.8) is 0 Å². The van der Waals surface area contributed by atoms with Crippen LogP contribution < -0.4 is 5.32 Å². The lowest BCUT2D eigenvalue weighted by Crippen LogP contribution is -2.46. The summed E-state index contributed by atoms with van der Waals surface area (Å²) in [5, 5.41) is 11.9. The molecule has 0 saturated heterocycles. The Kier molecular flexibility index (Phi) is 4.50. The van der Waals surface area contributed by atoms with Crippen molar-refractivity contribution in [2.75, 3.05) is 0 Å². The van der Waals surface area contributed by atoms with Crippen LogP contribution in [-0.4, -0.2) is 22.7 Å². The van der Waals surface area contributed by atoms with Crippen LogP contribution in [0, 0.1) is 12.3 Å². The Balaban J connectivity index is 4.12. The molecular weight excluding hydrogens is 166 g/mol. The van der Waals surface area contributed by atoms with Crippen molar-refractivity contribution in [3.8, 4) is 12.3 Å². The number of terminal acetylenes is 1. The fraction of sp³-hybridized carbons (Fsp3) is 0.700. The molecule has 0 aromatic rings. The van der Waals surface area contributed by atoms with Crippen LogP contribution >= 0.6 is 0 Å². The van der Waals surface area contributed by atoms with Gasteiger partial charge in [0.2, 0.25) is 0 Å². The largest absolute Gasteiger partial charge is 0.381 e. The van der Waals surface area contributed by atoms with Gasteiger partial charge in [0.15, 0.2) is 0 Å². The van der Waals surface area contributed by atoms with E-state index in [0.29, 0.717) is 0 Å². The predicted octanol–water partition coefficient (Wildman–Crippen LogP) is 0.675. The summed E-state index contributed by atoms with van der Waals surface area (Å²) in [6.45, 7) is 4.85. The lowest BCUT2D eigenvalue weighted by atomic mass is 10.1. The van der Waals surface area contributed by atoms with Crippen LogP contribution in [0.5, 0.6) is 0 Å². The molecule has 0 saturated carbocycles. The van der Waals surface area contributed by atoms with Crippen LogP contribution in [0.25, 0.3) is 0 Å². The minimum atomic E-state index is -1.36. The highest BCUT2D eigenvalue weighted by atomic mass is 16.3. The van der Waals surface area contributed by atoms with E-state index in [4.69, 9.17) is 6.42 Å². The van der Waals surface area contributed by atoms with Crippen molar-refractivity contribution in [2.24, 2.45) is 0 Å². The second-order valence-corrected chi connectivity index (χ2v) is 3.54. The molecule has 0 rings (SSSR count). The maximum Gasteiger partial charge on any atom is 0.252 e. The Morgan fingerprint density at radius 2 is 2.23 bits per heavy atom. The van der Waals surface area contributed by atoms with Gasteiger partial charge in [-0.15, -0.1) is 6.42 Å². The Bertz CT molecular complexity index is 210. The number of nitrogens with one attached hydrogen (secondary N) is 1. The third-order valence-corrected chi connectivity index (χ3v) is 1.64. The van der Waals surface area contributed by atoms with Crippen LogP contribution in [0.1, 0.15) is 33.6 Å². The molecule has 0 aromatic heterocycles. The van der Waals surface area contributed by atoms with Gasteiger partial charge in [-0.25, -0.2) is 0 Å². The molecule has 0 spiro atoms. The number of hydrogen-bond donors (Lipinski definition) is 2. The smallest absolute Gasteiger partial charge is 0.252 e. The summed E-state index contributed by atoms with van der Waals surface area (Å²) in [5.74, 6) is 2.04. The van der Waals surface area contributed by atoms with Crippen molar-refractivity contribution in [1.29, 1.82) is 0 Å². The van der Waals surface area contributed by atoms with E-state index in [2.05, 4.69) is 11.2 Å². The van der Waals surface area contributed by atoms with Gasteiger partial charge in [-0.2, -0.15) is 0 Å². The molecular formula is C10H17NO2. The summed E-state index contributed by atoms with van der Waals surface area (Å²) in [7, 11) is 0. The molecule has 0 aromatic carbocycles. The highest BCUT2D eigenvalue weighted by molar-refractivity contribution is 5.84. The van der Waals surface area contributed by atoms with Gasteiger partial charge in [-0.05, 0) is 20.3 Å². The summed E-state index contributed by atoms with van der Waals surface area (Å²) in [4.78, 5) is 11.3. The normalized spacial score (nSPS) is 13.2. The van der Waals surface area contributed by atoms with Gasteiger partial charge in [0.25, 0.3) is 5.91 Å². The summed E-state index contributed by atoms with van der Waals surface area (Å²) in [6, 6.07) is -0.274. The number of rotatable bonds is 4. The summed E-state index contributed by atoms with van der Waals surface area (Å²) < 4.78 is 0. The average molecular weight is 183 g/mol. The van der Waals surface area contributed by atoms with Gasteiger partial charge in [0, 0.05) is 0 Å². The molecule has 0 heterocycles. The van der Waals surface area contributed by atoms with Gasteiger partial charge in [0.1, 0.15) is 5.60 Å². The highest BCUT2D eigenvalue weighted by Gasteiger charge is 2.24. The molecule has 0 radical (unpaired) electrons. The molecule has 1 amide bonds. The van der Waals surface area contributed by atoms with Gasteiger partial charge < -0.3 is 10.4 Å². The average Bonchev–Trinajstić information content (AvgIpc) is 2.01. The molecule has 3 nitrogen and oxygen atoms in total. The summed E-state index contributed by atoms with van der Waals surface area (Å²) >= 11 is 0. The third-order valence-electron chi connectivity index (χ3n) is 1.64. The molecule has 0 aliphatic heterocycles. The Morgan fingerprint density at radius 1 is 1.69 bits per heavy atom. The molecule has 0 aliphatic carbocycles.